The number of para-hydroxylation sites is 1. The number of carbonyl (C=O) groups is 1. The molecule has 1 amide bonds. The van der Waals surface area contributed by atoms with Crippen LogP contribution in [0.2, 0.25) is 0 Å². The van der Waals surface area contributed by atoms with Gasteiger partial charge in [-0.1, -0.05) is 12.1 Å². The van der Waals surface area contributed by atoms with E-state index in [9.17, 15) is 14.9 Å². The number of nitrogens with zero attached hydrogens (tertiary/aromatic N) is 3. The van der Waals surface area contributed by atoms with Gasteiger partial charge in [-0.3, -0.25) is 9.59 Å². The quantitative estimate of drug-likeness (QED) is 0.714. The van der Waals surface area contributed by atoms with Crippen LogP contribution in [0, 0.1) is 25.2 Å². The average molecular weight is 407 g/mol. The number of hydrogen-bond donors (Lipinski definition) is 1. The Morgan fingerprint density at radius 1 is 1.38 bits per heavy atom. The number of amides is 1. The molecule has 1 aromatic carbocycles. The number of likely N-dealkylation sites (tertiary alicyclic amines) is 1. The standard InChI is InChI=1S/C22H22N4O2S/c1-13-15(14(2)24-21(28)16(13)12-23)9-10-20(27)26-11-5-7-18(26)22-25-17-6-3-4-8-19(17)29-22/h3-4,6,8,18H,5,7,9-11H2,1-2H3,(H,24,28)/t18-/m0/s1. The molecule has 6 nitrogen and oxygen atoms in total. The first-order valence-electron chi connectivity index (χ1n) is 9.77. The monoisotopic (exact) mass is 406 g/mol. The Morgan fingerprint density at radius 2 is 2.17 bits per heavy atom. The highest BCUT2D eigenvalue weighted by atomic mass is 32.1. The van der Waals surface area contributed by atoms with Crippen LogP contribution < -0.4 is 5.56 Å². The second-order valence-electron chi connectivity index (χ2n) is 7.43. The molecule has 0 saturated carbocycles. The van der Waals surface area contributed by atoms with Crippen LogP contribution in [-0.4, -0.2) is 27.3 Å². The largest absolute Gasteiger partial charge is 0.333 e. The van der Waals surface area contributed by atoms with Crippen molar-refractivity contribution in [3.8, 4) is 6.07 Å². The van der Waals surface area contributed by atoms with Gasteiger partial charge in [-0.15, -0.1) is 11.3 Å². The van der Waals surface area contributed by atoms with E-state index in [1.165, 1.54) is 0 Å². The first-order valence-corrected chi connectivity index (χ1v) is 10.6. The minimum absolute atomic E-state index is 0.0346. The molecular formula is C22H22N4O2S. The molecule has 3 heterocycles. The van der Waals surface area contributed by atoms with Crippen molar-refractivity contribution in [1.29, 1.82) is 5.26 Å². The number of aromatic amines is 1. The van der Waals surface area contributed by atoms with Crippen molar-refractivity contribution in [3.05, 3.63) is 62.0 Å². The number of carbonyl (C=O) groups excluding carboxylic acids is 1. The van der Waals surface area contributed by atoms with Crippen LogP contribution >= 0.6 is 11.3 Å². The van der Waals surface area contributed by atoms with E-state index in [1.807, 2.05) is 36.1 Å². The lowest BCUT2D eigenvalue weighted by atomic mass is 9.99. The maximum Gasteiger partial charge on any atom is 0.266 e. The number of aryl methyl sites for hydroxylation is 1. The number of H-pyrrole nitrogens is 1. The molecule has 29 heavy (non-hydrogen) atoms. The van der Waals surface area contributed by atoms with Gasteiger partial charge in [-0.2, -0.15) is 5.26 Å². The van der Waals surface area contributed by atoms with E-state index in [4.69, 9.17) is 4.98 Å². The molecule has 0 bridgehead atoms. The second kappa shape index (κ2) is 7.80. The summed E-state index contributed by atoms with van der Waals surface area (Å²) >= 11 is 1.66. The Hall–Kier alpha value is -2.98. The van der Waals surface area contributed by atoms with Crippen molar-refractivity contribution < 1.29 is 4.79 Å². The molecule has 0 spiro atoms. The number of nitriles is 1. The van der Waals surface area contributed by atoms with E-state index in [1.54, 1.807) is 18.3 Å². The predicted molar refractivity (Wildman–Crippen MR) is 113 cm³/mol. The highest BCUT2D eigenvalue weighted by molar-refractivity contribution is 7.18. The summed E-state index contributed by atoms with van der Waals surface area (Å²) in [6.07, 6.45) is 2.76. The Morgan fingerprint density at radius 3 is 2.93 bits per heavy atom. The minimum atomic E-state index is -0.368. The van der Waals surface area contributed by atoms with E-state index >= 15 is 0 Å². The summed E-state index contributed by atoms with van der Waals surface area (Å²) in [6, 6.07) is 10.1. The van der Waals surface area contributed by atoms with Crippen LogP contribution in [-0.2, 0) is 11.2 Å². The number of hydrogen-bond acceptors (Lipinski definition) is 5. The molecule has 1 N–H and O–H groups in total. The van der Waals surface area contributed by atoms with Crippen molar-refractivity contribution in [2.24, 2.45) is 0 Å². The molecule has 1 atom stereocenters. The van der Waals surface area contributed by atoms with Gasteiger partial charge in [0.15, 0.2) is 0 Å². The summed E-state index contributed by atoms with van der Waals surface area (Å²) in [5, 5.41) is 10.2. The van der Waals surface area contributed by atoms with Crippen LogP contribution in [0.5, 0.6) is 0 Å². The lowest BCUT2D eigenvalue weighted by Gasteiger charge is -2.23. The summed E-state index contributed by atoms with van der Waals surface area (Å²) in [4.78, 5) is 34.4. The molecule has 1 aliphatic rings. The molecule has 0 unspecified atom stereocenters. The maximum absolute atomic E-state index is 13.0. The SMILES string of the molecule is Cc1[nH]c(=O)c(C#N)c(C)c1CCC(=O)N1CCC[C@H]1c1nc2ccccc2s1. The summed E-state index contributed by atoms with van der Waals surface area (Å²) < 4.78 is 1.14. The first kappa shape index (κ1) is 19.3. The molecule has 2 aromatic heterocycles. The van der Waals surface area contributed by atoms with Crippen molar-refractivity contribution in [1.82, 2.24) is 14.9 Å². The van der Waals surface area contributed by atoms with Crippen molar-refractivity contribution in [2.75, 3.05) is 6.54 Å². The van der Waals surface area contributed by atoms with Crippen LogP contribution in [0.4, 0.5) is 0 Å². The van der Waals surface area contributed by atoms with Gasteiger partial charge in [0.1, 0.15) is 16.6 Å². The van der Waals surface area contributed by atoms with Crippen LogP contribution in [0.25, 0.3) is 10.2 Å². The zero-order valence-corrected chi connectivity index (χ0v) is 17.3. The van der Waals surface area contributed by atoms with Gasteiger partial charge in [-0.25, -0.2) is 4.98 Å². The highest BCUT2D eigenvalue weighted by Gasteiger charge is 2.32. The minimum Gasteiger partial charge on any atom is -0.333 e. The summed E-state index contributed by atoms with van der Waals surface area (Å²) in [5.74, 6) is 0.0928. The van der Waals surface area contributed by atoms with Gasteiger partial charge in [0, 0.05) is 18.7 Å². The van der Waals surface area contributed by atoms with Gasteiger partial charge in [-0.05, 0) is 56.4 Å². The van der Waals surface area contributed by atoms with Crippen LogP contribution in [0.3, 0.4) is 0 Å². The lowest BCUT2D eigenvalue weighted by molar-refractivity contribution is -0.132. The Kier molecular flexibility index (Phi) is 5.20. The molecule has 148 valence electrons. The van der Waals surface area contributed by atoms with Crippen LogP contribution in [0.1, 0.15) is 52.7 Å². The molecule has 1 fully saturated rings. The number of pyridine rings is 1. The van der Waals surface area contributed by atoms with E-state index < -0.39 is 0 Å². The Bertz CT molecular complexity index is 1150. The van der Waals surface area contributed by atoms with E-state index in [-0.39, 0.29) is 23.1 Å². The summed E-state index contributed by atoms with van der Waals surface area (Å²) in [6.45, 7) is 4.34. The third kappa shape index (κ3) is 3.56. The van der Waals surface area contributed by atoms with Gasteiger partial charge in [0.25, 0.3) is 5.56 Å². The number of benzene rings is 1. The smallest absolute Gasteiger partial charge is 0.266 e. The molecule has 1 aliphatic heterocycles. The third-order valence-corrected chi connectivity index (χ3v) is 6.82. The number of aromatic nitrogens is 2. The molecule has 3 aromatic rings. The third-order valence-electron chi connectivity index (χ3n) is 5.68. The van der Waals surface area contributed by atoms with Gasteiger partial charge < -0.3 is 9.88 Å². The lowest BCUT2D eigenvalue weighted by Crippen LogP contribution is -2.31. The fourth-order valence-corrected chi connectivity index (χ4v) is 5.27. The number of thiazole rings is 1. The number of rotatable bonds is 4. The predicted octanol–water partition coefficient (Wildman–Crippen LogP) is 3.77. The fraction of sp³-hybridized carbons (Fsp3) is 0.364. The Balaban J connectivity index is 1.53. The zero-order chi connectivity index (χ0) is 20.5. The number of nitrogens with one attached hydrogen (secondary N) is 1. The molecule has 0 aliphatic carbocycles. The summed E-state index contributed by atoms with van der Waals surface area (Å²) in [7, 11) is 0. The normalized spacial score (nSPS) is 16.3. The first-order chi connectivity index (χ1) is 14.0. The molecule has 7 heteroatoms. The zero-order valence-electron chi connectivity index (χ0n) is 16.5. The highest BCUT2D eigenvalue weighted by Crippen LogP contribution is 2.36. The Labute approximate surface area is 172 Å². The fourth-order valence-electron chi connectivity index (χ4n) is 4.15. The van der Waals surface area contributed by atoms with Crippen LogP contribution in [0.15, 0.2) is 29.1 Å². The van der Waals surface area contributed by atoms with Gasteiger partial charge >= 0.3 is 0 Å². The topological polar surface area (TPSA) is 89.8 Å². The van der Waals surface area contributed by atoms with Crippen molar-refractivity contribution in [3.63, 3.8) is 0 Å². The van der Waals surface area contributed by atoms with Gasteiger partial charge in [0.2, 0.25) is 5.91 Å². The van der Waals surface area contributed by atoms with E-state index in [2.05, 4.69) is 11.1 Å². The molecule has 0 radical (unpaired) electrons. The summed E-state index contributed by atoms with van der Waals surface area (Å²) in [5.41, 5.74) is 3.02. The maximum atomic E-state index is 13.0. The second-order valence-corrected chi connectivity index (χ2v) is 8.50. The van der Waals surface area contributed by atoms with Gasteiger partial charge in [0.05, 0.1) is 16.3 Å². The number of fused-ring (bicyclic) bond motifs is 1. The average Bonchev–Trinajstić information content (AvgIpc) is 3.34. The van der Waals surface area contributed by atoms with Crippen molar-refractivity contribution in [2.45, 2.75) is 45.6 Å². The van der Waals surface area contributed by atoms with Crippen molar-refractivity contribution >= 4 is 27.5 Å². The van der Waals surface area contributed by atoms with E-state index in [0.29, 0.717) is 18.4 Å². The molecular weight excluding hydrogens is 384 g/mol. The molecule has 4 rings (SSSR count). The molecule has 1 saturated heterocycles. The van der Waals surface area contributed by atoms with E-state index in [0.717, 1.165) is 45.9 Å².